The molecule has 3 aromatic carbocycles. The molecule has 0 bridgehead atoms. The molecule has 0 unspecified atom stereocenters. The monoisotopic (exact) mass is 1020 g/mol. The zero-order chi connectivity index (χ0) is 53.7. The third-order valence-electron chi connectivity index (χ3n) is 12.6. The third kappa shape index (κ3) is 18.7. The molecule has 18 nitrogen and oxygen atoms in total. The summed E-state index contributed by atoms with van der Waals surface area (Å²) >= 11 is 0. The van der Waals surface area contributed by atoms with Gasteiger partial charge in [-0.3, -0.25) is 19.2 Å². The van der Waals surface area contributed by atoms with Crippen molar-refractivity contribution in [3.8, 4) is 11.5 Å². The number of amides is 4. The number of nitrogens with one attached hydrogen (secondary N) is 2. The normalized spacial score (nSPS) is 18.5. The van der Waals surface area contributed by atoms with E-state index < -0.39 is 58.8 Å². The summed E-state index contributed by atoms with van der Waals surface area (Å²) in [7, 11) is 2.57. The van der Waals surface area contributed by atoms with Crippen molar-refractivity contribution in [2.45, 2.75) is 136 Å². The number of unbranched alkanes of at least 4 members (excludes halogenated alkanes) is 2. The molecule has 6 atom stereocenters. The minimum atomic E-state index is -0.892. The van der Waals surface area contributed by atoms with Crippen LogP contribution in [0.1, 0.15) is 96.8 Å². The van der Waals surface area contributed by atoms with Crippen LogP contribution in [0.25, 0.3) is 0 Å². The minimum absolute atomic E-state index is 0.0118. The van der Waals surface area contributed by atoms with Gasteiger partial charge in [0.25, 0.3) is 0 Å². The van der Waals surface area contributed by atoms with Crippen LogP contribution in [0.4, 0.5) is 0 Å². The first kappa shape index (κ1) is 59.5. The van der Waals surface area contributed by atoms with Crippen LogP contribution in [0.15, 0.2) is 78.9 Å². The lowest BCUT2D eigenvalue weighted by Crippen LogP contribution is -2.57. The number of benzene rings is 3. The molecule has 2 saturated heterocycles. The summed E-state index contributed by atoms with van der Waals surface area (Å²) in [4.78, 5) is 80.9. The number of rotatable bonds is 23. The van der Waals surface area contributed by atoms with Crippen molar-refractivity contribution in [2.24, 2.45) is 10.8 Å². The van der Waals surface area contributed by atoms with Gasteiger partial charge in [-0.05, 0) is 54.2 Å². The molecule has 5 N–H and O–H groups in total. The number of aliphatic hydroxyl groups is 1. The van der Waals surface area contributed by atoms with Crippen LogP contribution in [0.5, 0.6) is 11.5 Å². The maximum absolute atomic E-state index is 13.8. The van der Waals surface area contributed by atoms with Crippen LogP contribution in [0, 0.1) is 10.8 Å². The van der Waals surface area contributed by atoms with Crippen LogP contribution in [0.2, 0.25) is 0 Å². The first-order chi connectivity index (χ1) is 34.7. The second kappa shape index (κ2) is 29.0. The molecule has 3 aromatic rings. The van der Waals surface area contributed by atoms with Crippen molar-refractivity contribution < 1.29 is 67.8 Å². The number of methoxy groups -OCH3 is 2. The molecular weight excluding hydrogens is 941 g/mol. The standard InChI is InChI=1S/C31H42N2O7.C24H36N2O7/c1-31(2,3)28(32-27(35)18-23-14-8-9-15-26(23)34)29(36)33-20-24(19-25(33)30(37)38-4)40-17-11-10-16-39-21-22-12-6-5-7-13-22;1-24(2,3)21(25-20(29)13-16-9-5-6-10-19(16)28)22(30)26-15-17(33-12-8-7-11-27)14-18(26)23(31)32-4/h5-9,12-15,24-25,28,34H,10-11,16-21H2,1-4H3,(H,32,35);5-6,9-10,17-18,21,27-28H,7-8,11-15H2,1-4H3,(H,25,29)/t24-,25+,28-;17-,18+,21-/m11/s1. The number of para-hydroxylation sites is 2. The summed E-state index contributed by atoms with van der Waals surface area (Å²) in [6.45, 7) is 13.7. The number of hydrogen-bond donors (Lipinski definition) is 5. The van der Waals surface area contributed by atoms with Crippen molar-refractivity contribution in [3.63, 3.8) is 0 Å². The number of esters is 2. The van der Waals surface area contributed by atoms with Gasteiger partial charge in [0.1, 0.15) is 35.7 Å². The Morgan fingerprint density at radius 2 is 0.986 bits per heavy atom. The number of ether oxygens (including phenoxy) is 5. The number of carbonyl (C=O) groups is 6. The van der Waals surface area contributed by atoms with Gasteiger partial charge in [-0.2, -0.15) is 0 Å². The second-order valence-corrected chi connectivity index (χ2v) is 20.5. The minimum Gasteiger partial charge on any atom is -0.508 e. The number of aromatic hydroxyl groups is 2. The first-order valence-electron chi connectivity index (χ1n) is 25.0. The molecular formula is C55H78N4O14. The Hall–Kier alpha value is -6.08. The van der Waals surface area contributed by atoms with E-state index in [1.165, 1.54) is 36.2 Å². The predicted molar refractivity (Wildman–Crippen MR) is 272 cm³/mol. The summed E-state index contributed by atoms with van der Waals surface area (Å²) in [6, 6.07) is 19.7. The highest BCUT2D eigenvalue weighted by Gasteiger charge is 2.47. The summed E-state index contributed by atoms with van der Waals surface area (Å²) in [5.41, 5.74) is 0.788. The topological polar surface area (TPSA) is 240 Å². The number of likely N-dealkylation sites (tertiary alicyclic amines) is 2. The van der Waals surface area contributed by atoms with Crippen LogP contribution >= 0.6 is 0 Å². The van der Waals surface area contributed by atoms with Crippen molar-refractivity contribution >= 4 is 35.6 Å². The van der Waals surface area contributed by atoms with Crippen LogP contribution in [-0.2, 0) is 71.9 Å². The highest BCUT2D eigenvalue weighted by atomic mass is 16.5. The van der Waals surface area contributed by atoms with Crippen molar-refractivity contribution in [1.29, 1.82) is 0 Å². The Kier molecular flexibility index (Phi) is 23.6. The largest absolute Gasteiger partial charge is 0.508 e. The molecule has 402 valence electrons. The van der Waals surface area contributed by atoms with Crippen LogP contribution < -0.4 is 10.6 Å². The van der Waals surface area contributed by atoms with Gasteiger partial charge in [0.15, 0.2) is 0 Å². The van der Waals surface area contributed by atoms with Gasteiger partial charge in [0.2, 0.25) is 23.6 Å². The molecule has 0 spiro atoms. The quantitative estimate of drug-likeness (QED) is 0.0620. The summed E-state index contributed by atoms with van der Waals surface area (Å²) in [5, 5.41) is 34.6. The second-order valence-electron chi connectivity index (χ2n) is 20.5. The Bertz CT molecular complexity index is 2250. The molecule has 2 heterocycles. The van der Waals surface area contributed by atoms with Gasteiger partial charge < -0.3 is 59.4 Å². The van der Waals surface area contributed by atoms with Gasteiger partial charge in [0.05, 0.1) is 45.9 Å². The molecule has 2 aliphatic rings. The van der Waals surface area contributed by atoms with Crippen LogP contribution in [0.3, 0.4) is 0 Å². The molecule has 2 fully saturated rings. The van der Waals surface area contributed by atoms with Gasteiger partial charge >= 0.3 is 11.9 Å². The van der Waals surface area contributed by atoms with E-state index >= 15 is 0 Å². The molecule has 0 aromatic heterocycles. The predicted octanol–water partition coefficient (Wildman–Crippen LogP) is 5.02. The zero-order valence-electron chi connectivity index (χ0n) is 43.8. The summed E-state index contributed by atoms with van der Waals surface area (Å²) in [6.07, 6.45) is 2.72. The number of carbonyl (C=O) groups excluding carboxylic acids is 6. The Morgan fingerprint density at radius 1 is 0.589 bits per heavy atom. The lowest BCUT2D eigenvalue weighted by Gasteiger charge is -2.35. The van der Waals surface area contributed by atoms with Gasteiger partial charge in [-0.15, -0.1) is 0 Å². The van der Waals surface area contributed by atoms with Gasteiger partial charge in [-0.25, -0.2) is 9.59 Å². The SMILES string of the molecule is COC(=O)[C@@H]1C[C@@H](OCCCCO)CN1C(=O)[C@@H](NC(=O)Cc1ccccc1O)C(C)(C)C.COC(=O)[C@@H]1C[C@@H](OCCCCOCc2ccccc2)CN1C(=O)[C@@H](NC(=O)Cc1ccccc1O)C(C)(C)C. The number of aliphatic hydroxyl groups excluding tert-OH is 1. The summed E-state index contributed by atoms with van der Waals surface area (Å²) in [5.74, 6) is -2.57. The Labute approximate surface area is 430 Å². The van der Waals surface area contributed by atoms with E-state index in [0.717, 1.165) is 18.4 Å². The fourth-order valence-corrected chi connectivity index (χ4v) is 8.55. The lowest BCUT2D eigenvalue weighted by atomic mass is 9.85. The fourth-order valence-electron chi connectivity index (χ4n) is 8.55. The molecule has 18 heteroatoms. The zero-order valence-corrected chi connectivity index (χ0v) is 43.8. The molecule has 2 aliphatic heterocycles. The maximum atomic E-state index is 13.8. The highest BCUT2D eigenvalue weighted by Crippen LogP contribution is 2.30. The van der Waals surface area contributed by atoms with E-state index in [-0.39, 0.29) is 68.1 Å². The maximum Gasteiger partial charge on any atom is 0.328 e. The number of nitrogens with zero attached hydrogens (tertiary/aromatic N) is 2. The smallest absolute Gasteiger partial charge is 0.328 e. The lowest BCUT2D eigenvalue weighted by molar-refractivity contribution is -0.153. The number of hydrogen-bond acceptors (Lipinski definition) is 14. The van der Waals surface area contributed by atoms with E-state index in [4.69, 9.17) is 28.8 Å². The van der Waals surface area contributed by atoms with Crippen molar-refractivity contribution in [2.75, 3.05) is 53.7 Å². The van der Waals surface area contributed by atoms with Gasteiger partial charge in [0, 0.05) is 63.5 Å². The Balaban J connectivity index is 0.000000323. The Morgan fingerprint density at radius 3 is 1.38 bits per heavy atom. The molecule has 5 rings (SSSR count). The van der Waals surface area contributed by atoms with E-state index in [2.05, 4.69) is 10.6 Å². The average Bonchev–Trinajstić information content (AvgIpc) is 3.99. The number of phenolic OH excluding ortho intramolecular Hbond substituents is 2. The van der Waals surface area contributed by atoms with Crippen molar-refractivity contribution in [1.82, 2.24) is 20.4 Å². The molecule has 4 amide bonds. The van der Waals surface area contributed by atoms with E-state index in [0.29, 0.717) is 63.2 Å². The highest BCUT2D eigenvalue weighted by molar-refractivity contribution is 5.93. The van der Waals surface area contributed by atoms with E-state index in [9.17, 15) is 39.0 Å². The molecule has 0 saturated carbocycles. The average molecular weight is 1020 g/mol. The van der Waals surface area contributed by atoms with Crippen molar-refractivity contribution in [3.05, 3.63) is 95.6 Å². The first-order valence-corrected chi connectivity index (χ1v) is 25.0. The molecule has 0 radical (unpaired) electrons. The molecule has 0 aliphatic carbocycles. The third-order valence-corrected chi connectivity index (χ3v) is 12.6. The summed E-state index contributed by atoms with van der Waals surface area (Å²) < 4.78 is 27.5. The fraction of sp³-hybridized carbons (Fsp3) is 0.564. The van der Waals surface area contributed by atoms with Gasteiger partial charge in [-0.1, -0.05) is 108 Å². The molecule has 73 heavy (non-hydrogen) atoms. The van der Waals surface area contributed by atoms with Crippen LogP contribution in [-0.4, -0.2) is 151 Å². The number of phenols is 2. The van der Waals surface area contributed by atoms with E-state index in [1.54, 1.807) is 36.4 Å². The van der Waals surface area contributed by atoms with E-state index in [1.807, 2.05) is 71.9 Å².